The number of carbonyl (C=O) groups is 3. The number of aldehydes is 1. The lowest BCUT2D eigenvalue weighted by Gasteiger charge is -2.20. The first-order valence-corrected chi connectivity index (χ1v) is 8.77. The molecule has 1 saturated carbocycles. The lowest BCUT2D eigenvalue weighted by molar-refractivity contribution is -0.138. The number of amides is 1. The Morgan fingerprint density at radius 1 is 1.17 bits per heavy atom. The molecule has 1 amide bonds. The second kappa shape index (κ2) is 8.85. The Morgan fingerprint density at radius 2 is 1.96 bits per heavy atom. The van der Waals surface area contributed by atoms with Gasteiger partial charge in [0.25, 0.3) is 0 Å². The SMILES string of the molecule is O=C[C@@H]1CCCN1C(=O)CCCCCC/C=C\[C@@H]1C[C@@H]1C(=O)O. The molecule has 0 spiro atoms. The van der Waals surface area contributed by atoms with Gasteiger partial charge in [-0.15, -0.1) is 0 Å². The Morgan fingerprint density at radius 3 is 2.65 bits per heavy atom. The minimum absolute atomic E-state index is 0.118. The van der Waals surface area contributed by atoms with Gasteiger partial charge >= 0.3 is 5.97 Å². The van der Waals surface area contributed by atoms with Gasteiger partial charge in [0.2, 0.25) is 5.91 Å². The highest BCUT2D eigenvalue weighted by molar-refractivity contribution is 5.80. The highest BCUT2D eigenvalue weighted by Gasteiger charge is 2.40. The molecule has 2 fully saturated rings. The number of hydrogen-bond donors (Lipinski definition) is 1. The van der Waals surface area contributed by atoms with E-state index in [1.54, 1.807) is 4.90 Å². The van der Waals surface area contributed by atoms with Gasteiger partial charge in [-0.05, 0) is 44.4 Å². The first-order valence-electron chi connectivity index (χ1n) is 8.77. The van der Waals surface area contributed by atoms with E-state index < -0.39 is 5.97 Å². The molecule has 5 heteroatoms. The van der Waals surface area contributed by atoms with Crippen molar-refractivity contribution in [2.24, 2.45) is 11.8 Å². The summed E-state index contributed by atoms with van der Waals surface area (Å²) < 4.78 is 0. The summed E-state index contributed by atoms with van der Waals surface area (Å²) in [7, 11) is 0. The monoisotopic (exact) mass is 321 g/mol. The zero-order valence-corrected chi connectivity index (χ0v) is 13.7. The molecule has 1 heterocycles. The fraction of sp³-hybridized carbons (Fsp3) is 0.722. The van der Waals surface area contributed by atoms with Gasteiger partial charge in [0.15, 0.2) is 0 Å². The van der Waals surface area contributed by atoms with Crippen molar-refractivity contribution in [3.63, 3.8) is 0 Å². The zero-order chi connectivity index (χ0) is 16.7. The van der Waals surface area contributed by atoms with Crippen molar-refractivity contribution in [3.8, 4) is 0 Å². The van der Waals surface area contributed by atoms with Gasteiger partial charge in [-0.3, -0.25) is 9.59 Å². The van der Waals surface area contributed by atoms with E-state index in [-0.39, 0.29) is 23.8 Å². The molecule has 1 N–H and O–H groups in total. The topological polar surface area (TPSA) is 74.7 Å². The van der Waals surface area contributed by atoms with Crippen LogP contribution in [-0.2, 0) is 14.4 Å². The van der Waals surface area contributed by atoms with Crippen LogP contribution in [0.25, 0.3) is 0 Å². The molecule has 1 aliphatic carbocycles. The summed E-state index contributed by atoms with van der Waals surface area (Å²) >= 11 is 0. The molecule has 0 aromatic heterocycles. The second-order valence-corrected chi connectivity index (χ2v) is 6.66. The van der Waals surface area contributed by atoms with Crippen LogP contribution in [0, 0.1) is 11.8 Å². The molecule has 3 atom stereocenters. The van der Waals surface area contributed by atoms with E-state index in [4.69, 9.17) is 5.11 Å². The van der Waals surface area contributed by atoms with Gasteiger partial charge < -0.3 is 14.8 Å². The van der Waals surface area contributed by atoms with E-state index in [0.717, 1.165) is 64.2 Å². The summed E-state index contributed by atoms with van der Waals surface area (Å²) in [6.07, 6.45) is 13.2. The predicted molar refractivity (Wildman–Crippen MR) is 86.9 cm³/mol. The first kappa shape index (κ1) is 17.7. The van der Waals surface area contributed by atoms with Gasteiger partial charge in [-0.2, -0.15) is 0 Å². The Labute approximate surface area is 137 Å². The van der Waals surface area contributed by atoms with Crippen LogP contribution in [0.5, 0.6) is 0 Å². The number of unbranched alkanes of at least 4 members (excludes halogenated alkanes) is 4. The fourth-order valence-corrected chi connectivity index (χ4v) is 3.26. The molecule has 0 radical (unpaired) electrons. The molecule has 128 valence electrons. The molecule has 0 aromatic rings. The summed E-state index contributed by atoms with van der Waals surface area (Å²) in [5.74, 6) is -0.471. The number of nitrogens with zero attached hydrogens (tertiary/aromatic N) is 1. The van der Waals surface area contributed by atoms with E-state index in [9.17, 15) is 14.4 Å². The molecule has 5 nitrogen and oxygen atoms in total. The number of allylic oxidation sites excluding steroid dienone is 2. The minimum Gasteiger partial charge on any atom is -0.481 e. The molecule has 0 unspecified atom stereocenters. The minimum atomic E-state index is -0.681. The Kier molecular flexibility index (Phi) is 6.81. The van der Waals surface area contributed by atoms with E-state index >= 15 is 0 Å². The molecule has 1 saturated heterocycles. The standard InChI is InChI=1S/C18H27NO4/c20-13-15-9-7-11-19(15)17(21)10-6-4-2-1-3-5-8-14-12-16(14)18(22)23/h5,8,13-16H,1-4,6-7,9-12H2,(H,22,23)/b8-5-/t14-,15+,16+/m1/s1. The third kappa shape index (κ3) is 5.48. The van der Waals surface area contributed by atoms with Crippen LogP contribution in [0.15, 0.2) is 12.2 Å². The van der Waals surface area contributed by atoms with Gasteiger partial charge in [0.1, 0.15) is 6.29 Å². The van der Waals surface area contributed by atoms with Crippen LogP contribution < -0.4 is 0 Å². The number of carboxylic acid groups (broad SMARTS) is 1. The highest BCUT2D eigenvalue weighted by Crippen LogP contribution is 2.39. The average Bonchev–Trinajstić information content (AvgIpc) is 3.16. The Bertz CT molecular complexity index is 460. The predicted octanol–water partition coefficient (Wildman–Crippen LogP) is 2.79. The normalized spacial score (nSPS) is 26.6. The number of carboxylic acids is 1. The van der Waals surface area contributed by atoms with Crippen molar-refractivity contribution >= 4 is 18.2 Å². The van der Waals surface area contributed by atoms with Crippen molar-refractivity contribution in [1.82, 2.24) is 4.90 Å². The molecule has 2 aliphatic rings. The van der Waals surface area contributed by atoms with E-state index in [1.807, 2.05) is 6.08 Å². The third-order valence-corrected chi connectivity index (χ3v) is 4.83. The maximum absolute atomic E-state index is 12.0. The molecular formula is C18H27NO4. The molecule has 0 bridgehead atoms. The third-order valence-electron chi connectivity index (χ3n) is 4.83. The summed E-state index contributed by atoms with van der Waals surface area (Å²) in [5, 5.41) is 8.79. The summed E-state index contributed by atoms with van der Waals surface area (Å²) in [6.45, 7) is 0.728. The van der Waals surface area contributed by atoms with Crippen LogP contribution in [0.1, 0.15) is 57.8 Å². The maximum Gasteiger partial charge on any atom is 0.307 e. The molecule has 0 aromatic carbocycles. The molecular weight excluding hydrogens is 294 g/mol. The number of carbonyl (C=O) groups excluding carboxylic acids is 2. The highest BCUT2D eigenvalue weighted by atomic mass is 16.4. The number of hydrogen-bond acceptors (Lipinski definition) is 3. The van der Waals surface area contributed by atoms with Gasteiger partial charge in [0, 0.05) is 13.0 Å². The van der Waals surface area contributed by atoms with Crippen molar-refractivity contribution in [3.05, 3.63) is 12.2 Å². The maximum atomic E-state index is 12.0. The van der Waals surface area contributed by atoms with Crippen molar-refractivity contribution < 1.29 is 19.5 Å². The largest absolute Gasteiger partial charge is 0.481 e. The van der Waals surface area contributed by atoms with Crippen LogP contribution in [-0.4, -0.2) is 40.8 Å². The molecule has 1 aliphatic heterocycles. The number of rotatable bonds is 10. The summed E-state index contributed by atoms with van der Waals surface area (Å²) in [5.41, 5.74) is 0. The van der Waals surface area contributed by atoms with E-state index in [1.165, 1.54) is 0 Å². The van der Waals surface area contributed by atoms with E-state index in [0.29, 0.717) is 6.42 Å². The summed E-state index contributed by atoms with van der Waals surface area (Å²) in [4.78, 5) is 35.3. The Balaban J connectivity index is 1.47. The van der Waals surface area contributed by atoms with E-state index in [2.05, 4.69) is 6.08 Å². The van der Waals surface area contributed by atoms with Crippen LogP contribution in [0.2, 0.25) is 0 Å². The van der Waals surface area contributed by atoms with Crippen LogP contribution >= 0.6 is 0 Å². The van der Waals surface area contributed by atoms with Gasteiger partial charge in [-0.1, -0.05) is 25.0 Å². The van der Waals surface area contributed by atoms with Crippen molar-refractivity contribution in [1.29, 1.82) is 0 Å². The van der Waals surface area contributed by atoms with Gasteiger partial charge in [-0.25, -0.2) is 0 Å². The first-order chi connectivity index (χ1) is 11.1. The Hall–Kier alpha value is -1.65. The smallest absolute Gasteiger partial charge is 0.307 e. The second-order valence-electron chi connectivity index (χ2n) is 6.66. The van der Waals surface area contributed by atoms with Crippen LogP contribution in [0.4, 0.5) is 0 Å². The van der Waals surface area contributed by atoms with Crippen molar-refractivity contribution in [2.75, 3.05) is 6.54 Å². The van der Waals surface area contributed by atoms with Crippen LogP contribution in [0.3, 0.4) is 0 Å². The summed E-state index contributed by atoms with van der Waals surface area (Å²) in [6, 6.07) is -0.190. The number of aliphatic carboxylic acids is 1. The zero-order valence-electron chi connectivity index (χ0n) is 13.7. The molecule has 2 rings (SSSR count). The number of likely N-dealkylation sites (tertiary alicyclic amines) is 1. The lowest BCUT2D eigenvalue weighted by Crippen LogP contribution is -2.36. The average molecular weight is 321 g/mol. The lowest BCUT2D eigenvalue weighted by atomic mass is 10.1. The van der Waals surface area contributed by atoms with Crippen molar-refractivity contribution in [2.45, 2.75) is 63.8 Å². The quantitative estimate of drug-likeness (QED) is 0.381. The fourth-order valence-electron chi connectivity index (χ4n) is 3.26. The molecule has 23 heavy (non-hydrogen) atoms. The van der Waals surface area contributed by atoms with Gasteiger partial charge in [0.05, 0.1) is 12.0 Å².